The highest BCUT2D eigenvalue weighted by atomic mass is 35.5. The summed E-state index contributed by atoms with van der Waals surface area (Å²) in [5, 5.41) is 12.5. The molecule has 1 unspecified atom stereocenters. The van der Waals surface area contributed by atoms with Crippen LogP contribution < -0.4 is 10.5 Å². The molecule has 11 heteroatoms. The van der Waals surface area contributed by atoms with Gasteiger partial charge in [0.05, 0.1) is 24.1 Å². The van der Waals surface area contributed by atoms with Crippen LogP contribution in [0.25, 0.3) is 11.4 Å². The summed E-state index contributed by atoms with van der Waals surface area (Å²) >= 11 is 5.68. The number of nitrogens with two attached hydrogens (primary N) is 1. The van der Waals surface area contributed by atoms with E-state index >= 15 is 0 Å². The molecule has 1 aliphatic rings. The third-order valence-corrected chi connectivity index (χ3v) is 5.21. The normalized spacial score (nSPS) is 15.5. The van der Waals surface area contributed by atoms with Gasteiger partial charge in [-0.15, -0.1) is 10.2 Å². The quantitative estimate of drug-likeness (QED) is 0.566. The molecule has 156 valence electrons. The van der Waals surface area contributed by atoms with Gasteiger partial charge in [0.2, 0.25) is 5.82 Å². The second-order valence-corrected chi connectivity index (χ2v) is 7.43. The van der Waals surface area contributed by atoms with Crippen molar-refractivity contribution < 1.29 is 18.7 Å². The molecule has 0 aliphatic heterocycles. The van der Waals surface area contributed by atoms with Crippen LogP contribution in [0.3, 0.4) is 0 Å². The van der Waals surface area contributed by atoms with Crippen LogP contribution in [0.2, 0.25) is 5.02 Å². The number of carbonyl (C=O) groups excluding carboxylic acids is 1. The van der Waals surface area contributed by atoms with Gasteiger partial charge in [-0.05, 0) is 48.4 Å². The molecule has 9 nitrogen and oxygen atoms in total. The summed E-state index contributed by atoms with van der Waals surface area (Å²) < 4.78 is 24.1. The maximum absolute atomic E-state index is 13.8. The fourth-order valence-corrected chi connectivity index (χ4v) is 3.26. The predicted octanol–water partition coefficient (Wildman–Crippen LogP) is 2.60. The van der Waals surface area contributed by atoms with Gasteiger partial charge in [0, 0.05) is 17.8 Å². The van der Waals surface area contributed by atoms with Gasteiger partial charge in [-0.25, -0.2) is 9.37 Å². The maximum Gasteiger partial charge on any atom is 0.313 e. The third kappa shape index (κ3) is 3.96. The lowest BCUT2D eigenvalue weighted by atomic mass is 9.97. The molecule has 1 saturated carbocycles. The Labute approximate surface area is 175 Å². The fraction of sp³-hybridized carbons (Fsp3) is 0.316. The van der Waals surface area contributed by atoms with Gasteiger partial charge >= 0.3 is 5.97 Å². The van der Waals surface area contributed by atoms with Crippen LogP contribution in [0.15, 0.2) is 36.5 Å². The van der Waals surface area contributed by atoms with E-state index in [1.165, 1.54) is 18.1 Å². The zero-order valence-corrected chi connectivity index (χ0v) is 16.7. The molecule has 0 saturated heterocycles. The lowest BCUT2D eigenvalue weighted by Gasteiger charge is -2.19. The Morgan fingerprint density at radius 2 is 2.10 bits per heavy atom. The van der Waals surface area contributed by atoms with E-state index in [9.17, 15) is 9.18 Å². The van der Waals surface area contributed by atoms with Crippen LogP contribution in [0.4, 0.5) is 4.39 Å². The monoisotopic (exact) mass is 432 g/mol. The van der Waals surface area contributed by atoms with E-state index in [0.29, 0.717) is 30.0 Å². The highest BCUT2D eigenvalue weighted by Crippen LogP contribution is 2.49. The fourth-order valence-electron chi connectivity index (χ4n) is 3.11. The van der Waals surface area contributed by atoms with Gasteiger partial charge in [0.15, 0.2) is 5.82 Å². The number of methoxy groups -OCH3 is 1. The van der Waals surface area contributed by atoms with E-state index in [0.717, 1.165) is 6.07 Å². The summed E-state index contributed by atoms with van der Waals surface area (Å²) in [6.07, 6.45) is 2.67. The Kier molecular flexibility index (Phi) is 5.35. The van der Waals surface area contributed by atoms with Gasteiger partial charge in [0.1, 0.15) is 5.75 Å². The highest BCUT2D eigenvalue weighted by molar-refractivity contribution is 6.30. The molecule has 4 rings (SSSR count). The molecule has 0 amide bonds. The SMILES string of the molecule is COC(=O)C1(C(N)Cn2nnc(-c3ccc(Oc4ncc(Cl)cc4F)cc3)n2)CC1. The van der Waals surface area contributed by atoms with Crippen molar-refractivity contribution in [1.29, 1.82) is 0 Å². The molecular weight excluding hydrogens is 415 g/mol. The van der Waals surface area contributed by atoms with Crippen molar-refractivity contribution in [1.82, 2.24) is 25.2 Å². The Morgan fingerprint density at radius 3 is 2.73 bits per heavy atom. The zero-order valence-electron chi connectivity index (χ0n) is 16.0. The number of rotatable bonds is 7. The van der Waals surface area contributed by atoms with Gasteiger partial charge < -0.3 is 15.2 Å². The number of hydrogen-bond donors (Lipinski definition) is 1. The lowest BCUT2D eigenvalue weighted by molar-refractivity contribution is -0.148. The standard InChI is InChI=1S/C19H18ClFN6O3/c1-29-18(28)19(6-7-19)15(22)10-27-25-16(24-26-27)11-2-4-13(5-3-11)30-17-14(21)8-12(20)9-23-17/h2-5,8-9,15H,6-7,10,22H2,1H3. The van der Waals surface area contributed by atoms with Crippen molar-refractivity contribution in [2.75, 3.05) is 7.11 Å². The van der Waals surface area contributed by atoms with Crippen LogP contribution in [-0.4, -0.2) is 44.3 Å². The number of benzene rings is 1. The van der Waals surface area contributed by atoms with Gasteiger partial charge in [0.25, 0.3) is 5.88 Å². The third-order valence-electron chi connectivity index (χ3n) is 5.00. The lowest BCUT2D eigenvalue weighted by Crippen LogP contribution is -2.41. The van der Waals surface area contributed by atoms with Gasteiger partial charge in [-0.2, -0.15) is 4.80 Å². The molecule has 1 atom stereocenters. The number of aromatic nitrogens is 5. The maximum atomic E-state index is 13.8. The van der Waals surface area contributed by atoms with Crippen molar-refractivity contribution in [2.24, 2.45) is 11.1 Å². The molecule has 0 bridgehead atoms. The molecule has 2 N–H and O–H groups in total. The van der Waals surface area contributed by atoms with Crippen LogP contribution in [0, 0.1) is 11.2 Å². The van der Waals surface area contributed by atoms with Gasteiger partial charge in [-0.3, -0.25) is 4.79 Å². The van der Waals surface area contributed by atoms with Crippen LogP contribution in [-0.2, 0) is 16.1 Å². The zero-order chi connectivity index (χ0) is 21.3. The number of hydrogen-bond acceptors (Lipinski definition) is 8. The summed E-state index contributed by atoms with van der Waals surface area (Å²) in [5.74, 6) is -0.377. The summed E-state index contributed by atoms with van der Waals surface area (Å²) in [5.41, 5.74) is 6.22. The first kappa shape index (κ1) is 20.2. The second kappa shape index (κ2) is 7.96. The molecule has 2 heterocycles. The Morgan fingerprint density at radius 1 is 1.37 bits per heavy atom. The minimum Gasteiger partial charge on any atom is -0.469 e. The highest BCUT2D eigenvalue weighted by Gasteiger charge is 2.55. The summed E-state index contributed by atoms with van der Waals surface area (Å²) in [6, 6.07) is 7.34. The molecule has 1 fully saturated rings. The number of carbonyl (C=O) groups is 1. The molecule has 1 aromatic carbocycles. The van der Waals surface area contributed by atoms with Crippen molar-refractivity contribution in [3.05, 3.63) is 47.4 Å². The molecule has 1 aliphatic carbocycles. The number of ether oxygens (including phenoxy) is 2. The van der Waals surface area contributed by atoms with Crippen molar-refractivity contribution >= 4 is 17.6 Å². The molecule has 2 aromatic heterocycles. The number of tetrazole rings is 1. The molecule has 3 aromatic rings. The predicted molar refractivity (Wildman–Crippen MR) is 104 cm³/mol. The van der Waals surface area contributed by atoms with Crippen molar-refractivity contribution in [2.45, 2.75) is 25.4 Å². The second-order valence-electron chi connectivity index (χ2n) is 6.99. The van der Waals surface area contributed by atoms with E-state index in [1.54, 1.807) is 24.3 Å². The first-order chi connectivity index (χ1) is 14.4. The summed E-state index contributed by atoms with van der Waals surface area (Å²) in [7, 11) is 1.35. The topological polar surface area (TPSA) is 118 Å². The van der Waals surface area contributed by atoms with Crippen LogP contribution >= 0.6 is 11.6 Å². The number of esters is 1. The number of nitrogens with zero attached hydrogens (tertiary/aromatic N) is 5. The van der Waals surface area contributed by atoms with E-state index in [-0.39, 0.29) is 23.4 Å². The van der Waals surface area contributed by atoms with Gasteiger partial charge in [-0.1, -0.05) is 11.6 Å². The number of pyridine rings is 1. The minimum absolute atomic E-state index is 0.176. The molecule has 0 radical (unpaired) electrons. The summed E-state index contributed by atoms with van der Waals surface area (Å²) in [6.45, 7) is 0.241. The molecule has 0 spiro atoms. The Balaban J connectivity index is 1.43. The summed E-state index contributed by atoms with van der Waals surface area (Å²) in [4.78, 5) is 17.1. The van der Waals surface area contributed by atoms with Crippen molar-refractivity contribution in [3.63, 3.8) is 0 Å². The number of halogens is 2. The van der Waals surface area contributed by atoms with Crippen molar-refractivity contribution in [3.8, 4) is 23.0 Å². The smallest absolute Gasteiger partial charge is 0.313 e. The van der Waals surface area contributed by atoms with Crippen LogP contribution in [0.5, 0.6) is 11.6 Å². The van der Waals surface area contributed by atoms with E-state index < -0.39 is 17.3 Å². The van der Waals surface area contributed by atoms with E-state index in [4.69, 9.17) is 26.8 Å². The first-order valence-corrected chi connectivity index (χ1v) is 9.50. The molecular formula is C19H18ClFN6O3. The minimum atomic E-state index is -0.660. The molecule has 30 heavy (non-hydrogen) atoms. The Bertz CT molecular complexity index is 1070. The Hall–Kier alpha value is -3.11. The average Bonchev–Trinajstić information content (AvgIpc) is 3.43. The van der Waals surface area contributed by atoms with Crippen LogP contribution in [0.1, 0.15) is 12.8 Å². The first-order valence-electron chi connectivity index (χ1n) is 9.12. The van der Waals surface area contributed by atoms with E-state index in [2.05, 4.69) is 20.4 Å². The van der Waals surface area contributed by atoms with E-state index in [1.807, 2.05) is 0 Å². The average molecular weight is 433 g/mol. The largest absolute Gasteiger partial charge is 0.469 e.